The van der Waals surface area contributed by atoms with Crippen LogP contribution in [0.25, 0.3) is 0 Å². The number of ether oxygens (including phenoxy) is 1. The third-order valence-corrected chi connectivity index (χ3v) is 4.09. The van der Waals surface area contributed by atoms with Gasteiger partial charge < -0.3 is 15.0 Å². The van der Waals surface area contributed by atoms with E-state index in [2.05, 4.69) is 27.3 Å². The van der Waals surface area contributed by atoms with Crippen LogP contribution in [0, 0.1) is 12.7 Å². The third-order valence-electron chi connectivity index (χ3n) is 3.60. The molecule has 0 aliphatic carbocycles. The summed E-state index contributed by atoms with van der Waals surface area (Å²) < 4.78 is 19.8. The van der Waals surface area contributed by atoms with Gasteiger partial charge >= 0.3 is 0 Å². The molecule has 2 N–H and O–H groups in total. The Kier molecular flexibility index (Phi) is 6.34. The molecule has 1 atom stereocenters. The van der Waals surface area contributed by atoms with Crippen LogP contribution in [0.1, 0.15) is 11.1 Å². The lowest BCUT2D eigenvalue weighted by atomic mass is 10.1. The molecule has 128 valence electrons. The average Bonchev–Trinajstić information content (AvgIpc) is 2.50. The Morgan fingerprint density at radius 1 is 1.29 bits per heavy atom. The van der Waals surface area contributed by atoms with Crippen molar-refractivity contribution in [1.29, 1.82) is 0 Å². The Morgan fingerprint density at radius 2 is 2.04 bits per heavy atom. The fourth-order valence-electron chi connectivity index (χ4n) is 2.49. The molecule has 0 aliphatic heterocycles. The van der Waals surface area contributed by atoms with Gasteiger partial charge in [-0.05, 0) is 37.3 Å². The molecule has 2 aromatic carbocycles. The molecule has 0 bridgehead atoms. The molecule has 0 radical (unpaired) electrons. The molecule has 0 spiro atoms. The fraction of sp³-hybridized carbons (Fsp3) is 0.278. The predicted molar refractivity (Wildman–Crippen MR) is 95.9 cm³/mol. The van der Waals surface area contributed by atoms with Crippen LogP contribution in [0.5, 0.6) is 5.75 Å². The van der Waals surface area contributed by atoms with Crippen molar-refractivity contribution in [2.45, 2.75) is 13.5 Å². The zero-order valence-electron chi connectivity index (χ0n) is 14.0. The van der Waals surface area contributed by atoms with Crippen molar-refractivity contribution in [2.24, 2.45) is 0 Å². The molecular weight excluding hydrogens is 375 g/mol. The average molecular weight is 396 g/mol. The molecule has 0 aromatic heterocycles. The number of hydrogen-bond acceptors (Lipinski definition) is 2. The number of quaternary nitrogens is 1. The van der Waals surface area contributed by atoms with Gasteiger partial charge in [0.15, 0.2) is 6.54 Å². The summed E-state index contributed by atoms with van der Waals surface area (Å²) in [6.45, 7) is 2.88. The van der Waals surface area contributed by atoms with Gasteiger partial charge in [-0.3, -0.25) is 4.79 Å². The summed E-state index contributed by atoms with van der Waals surface area (Å²) in [5, 5.41) is 2.61. The van der Waals surface area contributed by atoms with Crippen LogP contribution in [-0.4, -0.2) is 26.6 Å². The van der Waals surface area contributed by atoms with E-state index in [0.29, 0.717) is 11.0 Å². The van der Waals surface area contributed by atoms with Crippen molar-refractivity contribution in [3.63, 3.8) is 0 Å². The number of benzene rings is 2. The predicted octanol–water partition coefficient (Wildman–Crippen LogP) is 2.56. The Hall–Kier alpha value is -1.92. The maximum absolute atomic E-state index is 13.8. The van der Waals surface area contributed by atoms with Crippen LogP contribution in [0.4, 0.5) is 10.1 Å². The van der Waals surface area contributed by atoms with Crippen molar-refractivity contribution < 1.29 is 18.8 Å². The van der Waals surface area contributed by atoms with Gasteiger partial charge in [-0.1, -0.05) is 27.6 Å². The number of methoxy groups -OCH3 is 1. The normalized spacial score (nSPS) is 11.9. The smallest absolute Gasteiger partial charge is 0.279 e. The minimum absolute atomic E-state index is 0.184. The van der Waals surface area contributed by atoms with E-state index in [1.54, 1.807) is 13.2 Å². The summed E-state index contributed by atoms with van der Waals surface area (Å²) in [6, 6.07) is 10.5. The van der Waals surface area contributed by atoms with Gasteiger partial charge in [0, 0.05) is 10.0 Å². The van der Waals surface area contributed by atoms with Crippen molar-refractivity contribution in [1.82, 2.24) is 0 Å². The highest BCUT2D eigenvalue weighted by molar-refractivity contribution is 9.10. The molecule has 0 fully saturated rings. The quantitative estimate of drug-likeness (QED) is 0.789. The lowest BCUT2D eigenvalue weighted by Crippen LogP contribution is -3.08. The molecule has 0 heterocycles. The van der Waals surface area contributed by atoms with Crippen molar-refractivity contribution >= 4 is 27.5 Å². The number of hydrogen-bond donors (Lipinski definition) is 2. The lowest BCUT2D eigenvalue weighted by molar-refractivity contribution is -0.885. The molecular formula is C18H21BrFN2O2+. The van der Waals surface area contributed by atoms with E-state index < -0.39 is 5.82 Å². The van der Waals surface area contributed by atoms with Gasteiger partial charge in [0.05, 0.1) is 19.8 Å². The highest BCUT2D eigenvalue weighted by atomic mass is 79.9. The second-order valence-electron chi connectivity index (χ2n) is 5.80. The second kappa shape index (κ2) is 8.26. The minimum Gasteiger partial charge on any atom is -0.496 e. The molecule has 4 nitrogen and oxygen atoms in total. The third kappa shape index (κ3) is 5.04. The zero-order valence-corrected chi connectivity index (χ0v) is 15.5. The molecule has 2 aromatic rings. The molecule has 1 amide bonds. The monoisotopic (exact) mass is 395 g/mol. The number of anilines is 1. The number of carbonyl (C=O) groups excluding carboxylic acids is 1. The van der Waals surface area contributed by atoms with Gasteiger partial charge in [0.25, 0.3) is 5.91 Å². The summed E-state index contributed by atoms with van der Waals surface area (Å²) in [4.78, 5) is 13.1. The number of nitrogens with one attached hydrogen (secondary N) is 2. The number of likely N-dealkylation sites (N-methyl/N-ethyl adjacent to an activating group) is 1. The van der Waals surface area contributed by atoms with Crippen molar-refractivity contribution in [3.05, 3.63) is 57.8 Å². The first kappa shape index (κ1) is 18.4. The molecule has 0 saturated carbocycles. The van der Waals surface area contributed by atoms with Gasteiger partial charge in [-0.15, -0.1) is 0 Å². The van der Waals surface area contributed by atoms with E-state index in [4.69, 9.17) is 4.74 Å². The van der Waals surface area contributed by atoms with E-state index in [1.165, 1.54) is 12.1 Å². The SMILES string of the molecule is COc1ccc(C)cc1C[NH+](C)CC(=O)Nc1ccc(Br)cc1F. The Labute approximate surface area is 149 Å². The van der Waals surface area contributed by atoms with Crippen LogP contribution < -0.4 is 15.0 Å². The van der Waals surface area contributed by atoms with Crippen LogP contribution in [0.2, 0.25) is 0 Å². The molecule has 1 unspecified atom stereocenters. The molecule has 0 saturated heterocycles. The number of carbonyl (C=O) groups is 1. The van der Waals surface area contributed by atoms with Crippen LogP contribution >= 0.6 is 15.9 Å². The summed E-state index contributed by atoms with van der Waals surface area (Å²) in [5.41, 5.74) is 2.36. The maximum Gasteiger partial charge on any atom is 0.279 e. The topological polar surface area (TPSA) is 42.8 Å². The largest absolute Gasteiger partial charge is 0.496 e. The molecule has 0 aliphatic rings. The van der Waals surface area contributed by atoms with Crippen molar-refractivity contribution in [3.8, 4) is 5.75 Å². The second-order valence-corrected chi connectivity index (χ2v) is 6.71. The molecule has 24 heavy (non-hydrogen) atoms. The highest BCUT2D eigenvalue weighted by Gasteiger charge is 2.15. The first-order valence-corrected chi connectivity index (χ1v) is 8.38. The van der Waals surface area contributed by atoms with Crippen LogP contribution in [-0.2, 0) is 11.3 Å². The van der Waals surface area contributed by atoms with Crippen LogP contribution in [0.15, 0.2) is 40.9 Å². The standard InChI is InChI=1S/C18H20BrFN2O2/c1-12-4-7-17(24-3)13(8-12)10-22(2)11-18(23)21-16-6-5-14(19)9-15(16)20/h4-9H,10-11H2,1-3H3,(H,21,23)/p+1. The zero-order chi connectivity index (χ0) is 17.7. The maximum atomic E-state index is 13.8. The summed E-state index contributed by atoms with van der Waals surface area (Å²) in [6.07, 6.45) is 0. The van der Waals surface area contributed by atoms with Crippen molar-refractivity contribution in [2.75, 3.05) is 26.0 Å². The molecule has 6 heteroatoms. The Morgan fingerprint density at radius 3 is 2.71 bits per heavy atom. The first-order valence-electron chi connectivity index (χ1n) is 7.58. The van der Waals surface area contributed by atoms with E-state index in [0.717, 1.165) is 21.8 Å². The first-order chi connectivity index (χ1) is 11.4. The van der Waals surface area contributed by atoms with Gasteiger partial charge in [-0.25, -0.2) is 4.39 Å². The minimum atomic E-state index is -0.462. The van der Waals surface area contributed by atoms with E-state index in [1.807, 2.05) is 26.1 Å². The number of amides is 1. The van der Waals surface area contributed by atoms with E-state index in [9.17, 15) is 9.18 Å². The summed E-state index contributed by atoms with van der Waals surface area (Å²) >= 11 is 3.19. The van der Waals surface area contributed by atoms with E-state index in [-0.39, 0.29) is 18.1 Å². The van der Waals surface area contributed by atoms with Gasteiger partial charge in [-0.2, -0.15) is 0 Å². The Bertz CT molecular complexity index is 737. The van der Waals surface area contributed by atoms with Gasteiger partial charge in [0.2, 0.25) is 0 Å². The summed E-state index contributed by atoms with van der Waals surface area (Å²) in [7, 11) is 3.55. The number of aryl methyl sites for hydroxylation is 1. The Balaban J connectivity index is 1.98. The number of halogens is 2. The fourth-order valence-corrected chi connectivity index (χ4v) is 2.83. The summed E-state index contributed by atoms with van der Waals surface area (Å²) in [5.74, 6) is 0.107. The van der Waals surface area contributed by atoms with Gasteiger partial charge in [0.1, 0.15) is 18.1 Å². The molecule has 2 rings (SSSR count). The highest BCUT2D eigenvalue weighted by Crippen LogP contribution is 2.19. The lowest BCUT2D eigenvalue weighted by Gasteiger charge is -2.16. The van der Waals surface area contributed by atoms with Crippen LogP contribution in [0.3, 0.4) is 0 Å². The number of rotatable bonds is 6. The van der Waals surface area contributed by atoms with E-state index >= 15 is 0 Å².